The van der Waals surface area contributed by atoms with Gasteiger partial charge in [0, 0.05) is 0 Å². The molecule has 0 aromatic carbocycles. The minimum absolute atomic E-state index is 0.0541. The number of ether oxygens (including phenoxy) is 1. The molecule has 1 aliphatic rings. The molecule has 1 saturated heterocycles. The number of nitrogens with one attached hydrogen (secondary N) is 1. The van der Waals surface area contributed by atoms with Gasteiger partial charge in [0.2, 0.25) is 0 Å². The van der Waals surface area contributed by atoms with Crippen molar-refractivity contribution in [2.45, 2.75) is 25.3 Å². The van der Waals surface area contributed by atoms with Crippen molar-refractivity contribution in [3.63, 3.8) is 0 Å². The molecule has 1 aliphatic heterocycles. The Morgan fingerprint density at radius 3 is 3.09 bits per heavy atom. The highest BCUT2D eigenvalue weighted by molar-refractivity contribution is 5.76. The van der Waals surface area contributed by atoms with Crippen molar-refractivity contribution >= 4 is 5.97 Å². The molecule has 3 nitrogen and oxygen atoms in total. The van der Waals surface area contributed by atoms with Gasteiger partial charge in [-0.3, -0.25) is 4.79 Å². The second kappa shape index (κ2) is 4.34. The third kappa shape index (κ3) is 2.50. The second-order valence-corrected chi connectivity index (χ2v) is 2.67. The molecule has 0 aromatic heterocycles. The first kappa shape index (κ1) is 8.53. The van der Waals surface area contributed by atoms with Gasteiger partial charge in [-0.15, -0.1) is 0 Å². The highest BCUT2D eigenvalue weighted by Crippen LogP contribution is 2.06. The van der Waals surface area contributed by atoms with Crippen LogP contribution in [0.5, 0.6) is 0 Å². The minimum atomic E-state index is -0.119. The summed E-state index contributed by atoms with van der Waals surface area (Å²) in [5, 5.41) is 3.07. The molecule has 0 aromatic rings. The van der Waals surface area contributed by atoms with E-state index in [1.165, 1.54) is 0 Å². The van der Waals surface area contributed by atoms with Crippen LogP contribution < -0.4 is 5.32 Å². The van der Waals surface area contributed by atoms with Gasteiger partial charge in [0.05, 0.1) is 6.61 Å². The standard InChI is InChI=1S/C8H14NO2/c1-2-6-11-8(10)7-4-3-5-9-7/h7,9H,1-6H2/t7-/m0/s1. The van der Waals surface area contributed by atoms with Gasteiger partial charge in [0.25, 0.3) is 0 Å². The molecular formula is C8H14NO2. The van der Waals surface area contributed by atoms with E-state index in [2.05, 4.69) is 12.2 Å². The van der Waals surface area contributed by atoms with Crippen LogP contribution in [0.1, 0.15) is 19.3 Å². The van der Waals surface area contributed by atoms with Crippen LogP contribution in [0, 0.1) is 6.92 Å². The lowest BCUT2D eigenvalue weighted by Gasteiger charge is -2.08. The summed E-state index contributed by atoms with van der Waals surface area (Å²) in [7, 11) is 0. The van der Waals surface area contributed by atoms with Gasteiger partial charge in [-0.2, -0.15) is 0 Å². The van der Waals surface area contributed by atoms with Crippen molar-refractivity contribution < 1.29 is 9.53 Å². The zero-order valence-electron chi connectivity index (χ0n) is 6.64. The molecule has 1 rings (SSSR count). The maximum atomic E-state index is 11.1. The molecule has 0 unspecified atom stereocenters. The largest absolute Gasteiger partial charge is 0.465 e. The summed E-state index contributed by atoms with van der Waals surface area (Å²) in [5.41, 5.74) is 0. The minimum Gasteiger partial charge on any atom is -0.465 e. The highest BCUT2D eigenvalue weighted by atomic mass is 16.5. The van der Waals surface area contributed by atoms with Gasteiger partial charge in [-0.05, 0) is 32.7 Å². The molecule has 1 heterocycles. The molecule has 3 heteroatoms. The Bertz CT molecular complexity index is 130. The zero-order valence-corrected chi connectivity index (χ0v) is 6.64. The molecule has 11 heavy (non-hydrogen) atoms. The average molecular weight is 156 g/mol. The van der Waals surface area contributed by atoms with E-state index in [4.69, 9.17) is 4.74 Å². The van der Waals surface area contributed by atoms with Crippen LogP contribution in [-0.4, -0.2) is 25.2 Å². The predicted octanol–water partition coefficient (Wildman–Crippen LogP) is 0.506. The summed E-state index contributed by atoms with van der Waals surface area (Å²) in [5.74, 6) is -0.119. The van der Waals surface area contributed by atoms with E-state index in [1.54, 1.807) is 0 Å². The Hall–Kier alpha value is -0.570. The zero-order chi connectivity index (χ0) is 8.10. The van der Waals surface area contributed by atoms with Crippen LogP contribution in [0.25, 0.3) is 0 Å². The first-order chi connectivity index (χ1) is 5.34. The molecule has 0 spiro atoms. The van der Waals surface area contributed by atoms with Crippen LogP contribution >= 0.6 is 0 Å². The molecule has 0 amide bonds. The monoisotopic (exact) mass is 156 g/mol. The Balaban J connectivity index is 2.17. The lowest BCUT2D eigenvalue weighted by atomic mass is 10.2. The summed E-state index contributed by atoms with van der Waals surface area (Å²) < 4.78 is 4.91. The molecule has 0 aliphatic carbocycles. The lowest BCUT2D eigenvalue weighted by Crippen LogP contribution is -2.32. The van der Waals surface area contributed by atoms with Crippen LogP contribution in [-0.2, 0) is 9.53 Å². The summed E-state index contributed by atoms with van der Waals surface area (Å²) in [6.07, 6.45) is 2.64. The van der Waals surface area contributed by atoms with E-state index in [0.29, 0.717) is 13.0 Å². The highest BCUT2D eigenvalue weighted by Gasteiger charge is 2.22. The van der Waals surface area contributed by atoms with Crippen molar-refractivity contribution in [3.05, 3.63) is 6.92 Å². The Morgan fingerprint density at radius 2 is 2.55 bits per heavy atom. The van der Waals surface area contributed by atoms with Gasteiger partial charge in [-0.1, -0.05) is 0 Å². The second-order valence-electron chi connectivity index (χ2n) is 2.67. The van der Waals surface area contributed by atoms with Crippen molar-refractivity contribution in [3.8, 4) is 0 Å². The molecule has 1 radical (unpaired) electrons. The summed E-state index contributed by atoms with van der Waals surface area (Å²) >= 11 is 0. The molecule has 1 atom stereocenters. The van der Waals surface area contributed by atoms with Crippen molar-refractivity contribution in [2.75, 3.05) is 13.2 Å². The fraction of sp³-hybridized carbons (Fsp3) is 0.750. The maximum Gasteiger partial charge on any atom is 0.323 e. The van der Waals surface area contributed by atoms with Gasteiger partial charge in [0.15, 0.2) is 0 Å². The van der Waals surface area contributed by atoms with Gasteiger partial charge in [-0.25, -0.2) is 0 Å². The Kier molecular flexibility index (Phi) is 3.36. The van der Waals surface area contributed by atoms with Crippen LogP contribution in [0.4, 0.5) is 0 Å². The van der Waals surface area contributed by atoms with Crippen molar-refractivity contribution in [2.24, 2.45) is 0 Å². The first-order valence-corrected chi connectivity index (χ1v) is 4.04. The van der Waals surface area contributed by atoms with Gasteiger partial charge in [0.1, 0.15) is 6.04 Å². The fourth-order valence-corrected chi connectivity index (χ4v) is 1.16. The fourth-order valence-electron chi connectivity index (χ4n) is 1.16. The van der Waals surface area contributed by atoms with E-state index < -0.39 is 0 Å². The van der Waals surface area contributed by atoms with Gasteiger partial charge < -0.3 is 10.1 Å². The topological polar surface area (TPSA) is 38.3 Å². The Labute approximate surface area is 67.1 Å². The van der Waals surface area contributed by atoms with Crippen molar-refractivity contribution in [1.29, 1.82) is 0 Å². The van der Waals surface area contributed by atoms with E-state index in [-0.39, 0.29) is 12.0 Å². The summed E-state index contributed by atoms with van der Waals surface area (Å²) in [6.45, 7) is 4.96. The van der Waals surface area contributed by atoms with Gasteiger partial charge >= 0.3 is 5.97 Å². The average Bonchev–Trinajstić information content (AvgIpc) is 2.52. The SMILES string of the molecule is [CH2]CCOC(=O)[C@@H]1CCCN1. The van der Waals surface area contributed by atoms with Crippen LogP contribution in [0.15, 0.2) is 0 Å². The van der Waals surface area contributed by atoms with E-state index >= 15 is 0 Å². The lowest BCUT2D eigenvalue weighted by molar-refractivity contribution is -0.145. The number of hydrogen-bond donors (Lipinski definition) is 1. The van der Waals surface area contributed by atoms with E-state index in [0.717, 1.165) is 19.4 Å². The molecule has 63 valence electrons. The predicted molar refractivity (Wildman–Crippen MR) is 42.0 cm³/mol. The van der Waals surface area contributed by atoms with Crippen LogP contribution in [0.3, 0.4) is 0 Å². The van der Waals surface area contributed by atoms with Crippen molar-refractivity contribution in [1.82, 2.24) is 5.32 Å². The summed E-state index contributed by atoms with van der Waals surface area (Å²) in [4.78, 5) is 11.1. The maximum absolute atomic E-state index is 11.1. The molecule has 0 bridgehead atoms. The molecule has 0 saturated carbocycles. The molecular weight excluding hydrogens is 142 g/mol. The number of carbonyl (C=O) groups is 1. The number of rotatable bonds is 3. The number of esters is 1. The van der Waals surface area contributed by atoms with E-state index in [9.17, 15) is 4.79 Å². The molecule has 1 fully saturated rings. The molecule has 1 N–H and O–H groups in total. The smallest absolute Gasteiger partial charge is 0.323 e. The Morgan fingerprint density at radius 1 is 1.73 bits per heavy atom. The van der Waals surface area contributed by atoms with E-state index in [1.807, 2.05) is 0 Å². The quantitative estimate of drug-likeness (QED) is 0.605. The normalized spacial score (nSPS) is 23.5. The number of carbonyl (C=O) groups excluding carboxylic acids is 1. The first-order valence-electron chi connectivity index (χ1n) is 4.04. The van der Waals surface area contributed by atoms with Crippen LogP contribution in [0.2, 0.25) is 0 Å². The third-order valence-corrected chi connectivity index (χ3v) is 1.73. The summed E-state index contributed by atoms with van der Waals surface area (Å²) in [6, 6.07) is -0.0541. The number of hydrogen-bond acceptors (Lipinski definition) is 3. The third-order valence-electron chi connectivity index (χ3n) is 1.73.